The fourth-order valence-corrected chi connectivity index (χ4v) is 5.85. The van der Waals surface area contributed by atoms with Gasteiger partial charge in [-0.2, -0.15) is 8.42 Å². The summed E-state index contributed by atoms with van der Waals surface area (Å²) >= 11 is 0. The van der Waals surface area contributed by atoms with Crippen LogP contribution in [0.1, 0.15) is 201 Å². The minimum absolute atomic E-state index is 0.105. The zero-order chi connectivity index (χ0) is 36.4. The second-order valence-electron chi connectivity index (χ2n) is 13.9. The molecule has 0 saturated heterocycles. The number of rotatable bonds is 33. The molecule has 0 fully saturated rings. The topological polar surface area (TPSA) is 112 Å². The Morgan fingerprint density at radius 1 is 0.500 bits per heavy atom. The van der Waals surface area contributed by atoms with Gasteiger partial charge < -0.3 is 0 Å². The van der Waals surface area contributed by atoms with E-state index in [2.05, 4.69) is 38.2 Å². The summed E-state index contributed by atoms with van der Waals surface area (Å²) in [5, 5.41) is 0. The summed E-state index contributed by atoms with van der Waals surface area (Å²) in [5.41, 5.74) is -0.971. The quantitative estimate of drug-likeness (QED) is 0.0303. The highest BCUT2D eigenvalue weighted by atomic mass is 32.3. The van der Waals surface area contributed by atoms with Crippen LogP contribution in [0.15, 0.2) is 24.3 Å². The summed E-state index contributed by atoms with van der Waals surface area (Å²) in [5.74, 6) is 0.209. The van der Waals surface area contributed by atoms with Gasteiger partial charge in [-0.25, -0.2) is 0 Å². The zero-order valence-electron chi connectivity index (χ0n) is 32.0. The van der Waals surface area contributed by atoms with Gasteiger partial charge in [-0.1, -0.05) is 141 Å². The van der Waals surface area contributed by atoms with Crippen LogP contribution in [-0.4, -0.2) is 53.6 Å². The summed E-state index contributed by atoms with van der Waals surface area (Å²) in [4.78, 5) is 28.2. The summed E-state index contributed by atoms with van der Waals surface area (Å²) in [6.07, 6.45) is 43.0. The van der Waals surface area contributed by atoms with Crippen molar-refractivity contribution >= 4 is 22.0 Å². The van der Waals surface area contributed by atoms with Crippen molar-refractivity contribution in [2.24, 2.45) is 0 Å². The average molecular weight is 700 g/mol. The van der Waals surface area contributed by atoms with Crippen LogP contribution >= 0.6 is 0 Å². The SMILES string of the molecule is CCCCCCCC/C=C\CCCCCCCC(=O)C(C)(C(=O)CCCCCCC/C=C\CCCCCCCC)N(C)C.O=S(=O)(O)O. The number of hydrogen-bond acceptors (Lipinski definition) is 5. The molecule has 0 unspecified atom stereocenters. The summed E-state index contributed by atoms with van der Waals surface area (Å²) in [6, 6.07) is 0. The van der Waals surface area contributed by atoms with Crippen molar-refractivity contribution in [2.45, 2.75) is 206 Å². The van der Waals surface area contributed by atoms with Crippen molar-refractivity contribution in [1.29, 1.82) is 0 Å². The van der Waals surface area contributed by atoms with Gasteiger partial charge in [0.15, 0.2) is 11.6 Å². The zero-order valence-corrected chi connectivity index (χ0v) is 32.8. The van der Waals surface area contributed by atoms with Crippen LogP contribution in [0.2, 0.25) is 0 Å². The average Bonchev–Trinajstić information content (AvgIpc) is 3.03. The van der Waals surface area contributed by atoms with Crippen LogP contribution in [0.4, 0.5) is 0 Å². The first-order chi connectivity index (χ1) is 22.9. The number of Topliss-reactive ketones (excluding diaryl/α,β-unsaturated/α-hetero) is 2. The first-order valence-corrected chi connectivity index (χ1v) is 21.0. The smallest absolute Gasteiger partial charge is 0.297 e. The van der Waals surface area contributed by atoms with E-state index >= 15 is 0 Å². The first kappa shape index (κ1) is 48.8. The second kappa shape index (κ2) is 34.1. The fraction of sp³-hybridized carbons (Fsp3) is 0.850. The number of nitrogens with zero attached hydrogens (tertiary/aromatic N) is 1. The van der Waals surface area contributed by atoms with E-state index in [-0.39, 0.29) is 11.6 Å². The molecule has 0 aliphatic carbocycles. The van der Waals surface area contributed by atoms with Gasteiger partial charge in [-0.05, 0) is 85.2 Å². The van der Waals surface area contributed by atoms with E-state index in [1.807, 2.05) is 25.9 Å². The van der Waals surface area contributed by atoms with Gasteiger partial charge in [0.25, 0.3) is 0 Å². The summed E-state index contributed by atoms with van der Waals surface area (Å²) in [6.45, 7) is 6.40. The van der Waals surface area contributed by atoms with Gasteiger partial charge in [0.2, 0.25) is 0 Å². The number of unbranched alkanes of at least 4 members (excludes halogenated alkanes) is 22. The molecule has 2 N–H and O–H groups in total. The maximum Gasteiger partial charge on any atom is 0.394 e. The molecule has 0 amide bonds. The Morgan fingerprint density at radius 3 is 0.979 bits per heavy atom. The van der Waals surface area contributed by atoms with Crippen molar-refractivity contribution in [3.05, 3.63) is 24.3 Å². The molecular formula is C40H77NO6S. The molecule has 0 aromatic heterocycles. The van der Waals surface area contributed by atoms with Gasteiger partial charge in [0, 0.05) is 12.8 Å². The predicted molar refractivity (Wildman–Crippen MR) is 205 cm³/mol. The normalized spacial score (nSPS) is 12.2. The highest BCUT2D eigenvalue weighted by Gasteiger charge is 2.41. The molecule has 284 valence electrons. The molecule has 0 heterocycles. The maximum atomic E-state index is 13.2. The maximum absolute atomic E-state index is 13.2. The monoisotopic (exact) mass is 700 g/mol. The molecule has 8 heteroatoms. The molecule has 0 bridgehead atoms. The Hall–Kier alpha value is -1.35. The molecule has 0 aromatic rings. The molecule has 0 saturated carbocycles. The molecule has 0 aliphatic rings. The lowest BCUT2D eigenvalue weighted by atomic mass is 9.84. The first-order valence-electron chi connectivity index (χ1n) is 19.6. The van der Waals surface area contributed by atoms with Gasteiger partial charge in [0.05, 0.1) is 0 Å². The third-order valence-corrected chi connectivity index (χ3v) is 9.31. The Labute approximate surface area is 297 Å². The van der Waals surface area contributed by atoms with Crippen molar-refractivity contribution in [3.63, 3.8) is 0 Å². The van der Waals surface area contributed by atoms with E-state index in [9.17, 15) is 9.59 Å². The number of ketones is 2. The number of hydrogen-bond donors (Lipinski definition) is 2. The van der Waals surface area contributed by atoms with E-state index in [4.69, 9.17) is 17.5 Å². The van der Waals surface area contributed by atoms with Gasteiger partial charge >= 0.3 is 10.4 Å². The van der Waals surface area contributed by atoms with Gasteiger partial charge in [-0.15, -0.1) is 0 Å². The van der Waals surface area contributed by atoms with Crippen molar-refractivity contribution in [2.75, 3.05) is 14.1 Å². The third-order valence-electron chi connectivity index (χ3n) is 9.31. The Balaban J connectivity index is 0. The fourth-order valence-electron chi connectivity index (χ4n) is 5.85. The number of carbonyl (C=O) groups is 2. The van der Waals surface area contributed by atoms with Crippen molar-refractivity contribution in [3.8, 4) is 0 Å². The summed E-state index contributed by atoms with van der Waals surface area (Å²) in [7, 11) is -0.897. The highest BCUT2D eigenvalue weighted by Crippen LogP contribution is 2.22. The summed E-state index contributed by atoms with van der Waals surface area (Å²) < 4.78 is 31.6. The number of likely N-dealkylation sites (N-methyl/N-ethyl adjacent to an activating group) is 1. The van der Waals surface area contributed by atoms with E-state index in [1.165, 1.54) is 141 Å². The van der Waals surface area contributed by atoms with Crippen LogP contribution in [0, 0.1) is 0 Å². The van der Waals surface area contributed by atoms with E-state index in [0.717, 1.165) is 25.7 Å². The van der Waals surface area contributed by atoms with Crippen LogP contribution < -0.4 is 0 Å². The molecule has 48 heavy (non-hydrogen) atoms. The van der Waals surface area contributed by atoms with Crippen LogP contribution in [0.5, 0.6) is 0 Å². The lowest BCUT2D eigenvalue weighted by Gasteiger charge is -2.33. The highest BCUT2D eigenvalue weighted by molar-refractivity contribution is 7.79. The molecule has 0 atom stereocenters. The lowest BCUT2D eigenvalue weighted by molar-refractivity contribution is -0.141. The largest absolute Gasteiger partial charge is 0.394 e. The number of allylic oxidation sites excluding steroid dienone is 4. The molecule has 0 rings (SSSR count). The van der Waals surface area contributed by atoms with E-state index in [1.54, 1.807) is 0 Å². The molecule has 0 aromatic carbocycles. The van der Waals surface area contributed by atoms with Gasteiger partial charge in [0.1, 0.15) is 5.54 Å². The van der Waals surface area contributed by atoms with Crippen molar-refractivity contribution in [1.82, 2.24) is 4.90 Å². The third kappa shape index (κ3) is 33.2. The molecule has 0 spiro atoms. The molecular weight excluding hydrogens is 623 g/mol. The minimum atomic E-state index is -4.67. The standard InChI is InChI=1S/C40H75NO2.H2O4S/c1-6-8-10-12-14-16-18-20-22-24-26-28-30-32-34-36-38(42)40(3,41(4)5)39(43)37-35-33-31-29-27-25-23-21-19-17-15-13-11-9-7-2;1-5(2,3)4/h20-23H,6-19,24-37H2,1-5H3;(H2,1,2,3,4)/b22-20-,23-21-;. The lowest BCUT2D eigenvalue weighted by Crippen LogP contribution is -2.54. The van der Waals surface area contributed by atoms with E-state index < -0.39 is 15.9 Å². The predicted octanol–water partition coefficient (Wildman–Crippen LogP) is 11.9. The molecule has 7 nitrogen and oxygen atoms in total. The van der Waals surface area contributed by atoms with Crippen LogP contribution in [0.3, 0.4) is 0 Å². The van der Waals surface area contributed by atoms with Crippen LogP contribution in [-0.2, 0) is 20.0 Å². The number of carbonyl (C=O) groups excluding carboxylic acids is 2. The second-order valence-corrected chi connectivity index (χ2v) is 14.8. The Bertz CT molecular complexity index is 853. The molecule has 0 radical (unpaired) electrons. The Kier molecular flexibility index (Phi) is 34.7. The minimum Gasteiger partial charge on any atom is -0.297 e. The molecule has 0 aliphatic heterocycles. The van der Waals surface area contributed by atoms with Crippen LogP contribution in [0.25, 0.3) is 0 Å². The van der Waals surface area contributed by atoms with Gasteiger partial charge in [-0.3, -0.25) is 23.6 Å². The Morgan fingerprint density at radius 2 is 0.729 bits per heavy atom. The van der Waals surface area contributed by atoms with Crippen molar-refractivity contribution < 1.29 is 27.1 Å². The van der Waals surface area contributed by atoms with E-state index in [0.29, 0.717) is 12.8 Å².